The SMILES string of the molecule is CCNC(c1ccccc1OC)c1c(Br)cnn1C. The Kier molecular flexibility index (Phi) is 4.61. The normalized spacial score (nSPS) is 12.4. The Hall–Kier alpha value is -1.33. The van der Waals surface area contributed by atoms with Gasteiger partial charge in [0, 0.05) is 12.6 Å². The number of hydrogen-bond donors (Lipinski definition) is 1. The quantitative estimate of drug-likeness (QED) is 0.919. The fourth-order valence-electron chi connectivity index (χ4n) is 2.21. The fraction of sp³-hybridized carbons (Fsp3) is 0.357. The summed E-state index contributed by atoms with van der Waals surface area (Å²) in [5.74, 6) is 0.876. The van der Waals surface area contributed by atoms with E-state index in [-0.39, 0.29) is 6.04 Å². The van der Waals surface area contributed by atoms with Crippen molar-refractivity contribution < 1.29 is 4.74 Å². The first kappa shape index (κ1) is 14.1. The molecule has 0 radical (unpaired) electrons. The van der Waals surface area contributed by atoms with Crippen molar-refractivity contribution in [2.24, 2.45) is 7.05 Å². The molecule has 1 aromatic heterocycles. The van der Waals surface area contributed by atoms with Crippen molar-refractivity contribution in [2.45, 2.75) is 13.0 Å². The third-order valence-corrected chi connectivity index (χ3v) is 3.68. The number of nitrogens with one attached hydrogen (secondary N) is 1. The van der Waals surface area contributed by atoms with Crippen LogP contribution in [0.3, 0.4) is 0 Å². The van der Waals surface area contributed by atoms with Crippen molar-refractivity contribution in [3.8, 4) is 5.75 Å². The minimum atomic E-state index is 0.0445. The molecule has 5 heteroatoms. The van der Waals surface area contributed by atoms with Crippen molar-refractivity contribution in [3.63, 3.8) is 0 Å². The molecule has 19 heavy (non-hydrogen) atoms. The van der Waals surface area contributed by atoms with E-state index in [0.29, 0.717) is 0 Å². The minimum Gasteiger partial charge on any atom is -0.496 e. The van der Waals surface area contributed by atoms with Gasteiger partial charge in [-0.2, -0.15) is 5.10 Å². The van der Waals surface area contributed by atoms with Crippen LogP contribution < -0.4 is 10.1 Å². The lowest BCUT2D eigenvalue weighted by Crippen LogP contribution is -2.25. The Morgan fingerprint density at radius 3 is 2.74 bits per heavy atom. The number of benzene rings is 1. The van der Waals surface area contributed by atoms with Crippen LogP contribution in [0.2, 0.25) is 0 Å². The molecule has 2 aromatic rings. The van der Waals surface area contributed by atoms with E-state index >= 15 is 0 Å². The van der Waals surface area contributed by atoms with Crippen molar-refractivity contribution >= 4 is 15.9 Å². The summed E-state index contributed by atoms with van der Waals surface area (Å²) in [6, 6.07) is 8.09. The first-order chi connectivity index (χ1) is 9.19. The average molecular weight is 324 g/mol. The molecule has 0 amide bonds. The molecule has 0 aliphatic rings. The number of methoxy groups -OCH3 is 1. The molecule has 1 atom stereocenters. The highest BCUT2D eigenvalue weighted by Crippen LogP contribution is 2.33. The van der Waals surface area contributed by atoms with Crippen LogP contribution in [0.15, 0.2) is 34.9 Å². The molecule has 0 aliphatic carbocycles. The Balaban J connectivity index is 2.51. The average Bonchev–Trinajstić information content (AvgIpc) is 2.76. The van der Waals surface area contributed by atoms with Gasteiger partial charge < -0.3 is 10.1 Å². The lowest BCUT2D eigenvalue weighted by Gasteiger charge is -2.21. The summed E-state index contributed by atoms with van der Waals surface area (Å²) in [6.07, 6.45) is 1.81. The molecular weight excluding hydrogens is 306 g/mol. The zero-order valence-corrected chi connectivity index (χ0v) is 12.9. The summed E-state index contributed by atoms with van der Waals surface area (Å²) in [5.41, 5.74) is 2.20. The van der Waals surface area contributed by atoms with Gasteiger partial charge in [-0.25, -0.2) is 0 Å². The van der Waals surface area contributed by atoms with Gasteiger partial charge >= 0.3 is 0 Å². The van der Waals surface area contributed by atoms with E-state index in [9.17, 15) is 0 Å². The molecule has 1 heterocycles. The van der Waals surface area contributed by atoms with Gasteiger partial charge in [-0.1, -0.05) is 25.1 Å². The van der Waals surface area contributed by atoms with Gasteiger partial charge in [0.1, 0.15) is 5.75 Å². The highest BCUT2D eigenvalue weighted by molar-refractivity contribution is 9.10. The first-order valence-electron chi connectivity index (χ1n) is 6.22. The lowest BCUT2D eigenvalue weighted by molar-refractivity contribution is 0.402. The van der Waals surface area contributed by atoms with E-state index in [1.54, 1.807) is 7.11 Å². The smallest absolute Gasteiger partial charge is 0.124 e. The predicted octanol–water partition coefficient (Wildman–Crippen LogP) is 2.89. The number of para-hydroxylation sites is 1. The van der Waals surface area contributed by atoms with E-state index in [1.165, 1.54) is 0 Å². The molecular formula is C14H18BrN3O. The van der Waals surface area contributed by atoms with Gasteiger partial charge in [0.2, 0.25) is 0 Å². The Morgan fingerprint density at radius 1 is 1.42 bits per heavy atom. The number of aryl methyl sites for hydroxylation is 1. The minimum absolute atomic E-state index is 0.0445. The second kappa shape index (κ2) is 6.21. The van der Waals surface area contributed by atoms with Crippen LogP contribution in [0, 0.1) is 0 Å². The summed E-state index contributed by atoms with van der Waals surface area (Å²) in [6.45, 7) is 2.95. The summed E-state index contributed by atoms with van der Waals surface area (Å²) < 4.78 is 8.34. The number of nitrogens with zero attached hydrogens (tertiary/aromatic N) is 2. The zero-order chi connectivity index (χ0) is 13.8. The van der Waals surface area contributed by atoms with Crippen LogP contribution in [0.5, 0.6) is 5.75 Å². The van der Waals surface area contributed by atoms with E-state index < -0.39 is 0 Å². The summed E-state index contributed by atoms with van der Waals surface area (Å²) in [5, 5.41) is 7.78. The van der Waals surface area contributed by atoms with E-state index in [1.807, 2.05) is 36.1 Å². The van der Waals surface area contributed by atoms with E-state index in [4.69, 9.17) is 4.74 Å². The largest absolute Gasteiger partial charge is 0.496 e. The van der Waals surface area contributed by atoms with Crippen molar-refractivity contribution in [1.29, 1.82) is 0 Å². The van der Waals surface area contributed by atoms with Crippen LogP contribution in [-0.2, 0) is 7.05 Å². The van der Waals surface area contributed by atoms with Crippen LogP contribution in [0.4, 0.5) is 0 Å². The fourth-order valence-corrected chi connectivity index (χ4v) is 2.78. The van der Waals surface area contributed by atoms with Gasteiger partial charge in [-0.3, -0.25) is 4.68 Å². The monoisotopic (exact) mass is 323 g/mol. The van der Waals surface area contributed by atoms with Crippen LogP contribution in [-0.4, -0.2) is 23.4 Å². The van der Waals surface area contributed by atoms with Gasteiger partial charge in [-0.15, -0.1) is 0 Å². The third-order valence-electron chi connectivity index (χ3n) is 3.07. The van der Waals surface area contributed by atoms with E-state index in [0.717, 1.165) is 28.0 Å². The van der Waals surface area contributed by atoms with E-state index in [2.05, 4.69) is 39.3 Å². The zero-order valence-electron chi connectivity index (χ0n) is 11.4. The molecule has 0 fully saturated rings. The summed E-state index contributed by atoms with van der Waals surface area (Å²) in [7, 11) is 3.64. The number of ether oxygens (including phenoxy) is 1. The molecule has 0 saturated heterocycles. The Labute approximate surface area is 121 Å². The molecule has 0 spiro atoms. The molecule has 0 saturated carbocycles. The molecule has 2 rings (SSSR count). The second-order valence-corrected chi connectivity index (χ2v) is 5.09. The molecule has 0 bridgehead atoms. The first-order valence-corrected chi connectivity index (χ1v) is 7.02. The number of aromatic nitrogens is 2. The Bertz CT molecular complexity index is 534. The lowest BCUT2D eigenvalue weighted by atomic mass is 10.0. The highest BCUT2D eigenvalue weighted by Gasteiger charge is 2.22. The predicted molar refractivity (Wildman–Crippen MR) is 79.4 cm³/mol. The maximum Gasteiger partial charge on any atom is 0.124 e. The maximum atomic E-state index is 5.47. The van der Waals surface area contributed by atoms with Crippen LogP contribution in [0.1, 0.15) is 24.2 Å². The molecule has 1 N–H and O–H groups in total. The van der Waals surface area contributed by atoms with Crippen molar-refractivity contribution in [1.82, 2.24) is 15.1 Å². The van der Waals surface area contributed by atoms with Crippen molar-refractivity contribution in [2.75, 3.05) is 13.7 Å². The maximum absolute atomic E-state index is 5.47. The number of hydrogen-bond acceptors (Lipinski definition) is 3. The highest BCUT2D eigenvalue weighted by atomic mass is 79.9. The summed E-state index contributed by atoms with van der Waals surface area (Å²) >= 11 is 3.57. The third kappa shape index (κ3) is 2.82. The standard InChI is InChI=1S/C14H18BrN3O/c1-4-16-13(14-11(15)9-17-18(14)2)10-7-5-6-8-12(10)19-3/h5-9,13,16H,4H2,1-3H3. The Morgan fingerprint density at radius 2 is 2.16 bits per heavy atom. The van der Waals surface area contributed by atoms with Gasteiger partial charge in [0.25, 0.3) is 0 Å². The summed E-state index contributed by atoms with van der Waals surface area (Å²) in [4.78, 5) is 0. The van der Waals surface area contributed by atoms with Crippen LogP contribution >= 0.6 is 15.9 Å². The molecule has 1 aromatic carbocycles. The molecule has 1 unspecified atom stereocenters. The van der Waals surface area contributed by atoms with Gasteiger partial charge in [-0.05, 0) is 28.5 Å². The molecule has 4 nitrogen and oxygen atoms in total. The molecule has 102 valence electrons. The topological polar surface area (TPSA) is 39.1 Å². The van der Waals surface area contributed by atoms with Crippen LogP contribution in [0.25, 0.3) is 0 Å². The van der Waals surface area contributed by atoms with Gasteiger partial charge in [0.15, 0.2) is 0 Å². The van der Waals surface area contributed by atoms with Crippen molar-refractivity contribution in [3.05, 3.63) is 46.2 Å². The number of halogens is 1. The number of rotatable bonds is 5. The molecule has 0 aliphatic heterocycles. The second-order valence-electron chi connectivity index (χ2n) is 4.23. The van der Waals surface area contributed by atoms with Gasteiger partial charge in [0.05, 0.1) is 29.5 Å².